The van der Waals surface area contributed by atoms with Gasteiger partial charge in [-0.15, -0.1) is 5.01 Å². The number of alkyl halides is 3. The number of aromatic nitrogens is 2. The second-order valence-corrected chi connectivity index (χ2v) is 11.3. The van der Waals surface area contributed by atoms with Crippen LogP contribution < -0.4 is 4.72 Å². The number of hydrazine groups is 1. The maximum absolute atomic E-state index is 13.5. The van der Waals surface area contributed by atoms with Crippen molar-refractivity contribution in [2.24, 2.45) is 11.2 Å². The van der Waals surface area contributed by atoms with Gasteiger partial charge in [0.05, 0.1) is 40.3 Å². The molecular weight excluding hydrogens is 597 g/mol. The highest BCUT2D eigenvalue weighted by Gasteiger charge is 2.36. The van der Waals surface area contributed by atoms with Crippen molar-refractivity contribution in [3.63, 3.8) is 0 Å². The largest absolute Gasteiger partial charge is 0.569 e. The molecule has 1 fully saturated rings. The van der Waals surface area contributed by atoms with Gasteiger partial charge in [0.15, 0.2) is 5.69 Å². The number of halogens is 3. The minimum Gasteiger partial charge on any atom is -0.569 e. The van der Waals surface area contributed by atoms with Crippen LogP contribution in [0, 0.1) is 18.0 Å². The molecule has 17 heteroatoms. The number of hydrogen-bond acceptors (Lipinski definition) is 9. The maximum atomic E-state index is 13.5. The summed E-state index contributed by atoms with van der Waals surface area (Å²) in [7, 11) is -4.37. The molecular formula is C26H27F3N6O7S. The number of carbonyl (C=O) groups is 2. The van der Waals surface area contributed by atoms with Gasteiger partial charge < -0.3 is 14.8 Å². The van der Waals surface area contributed by atoms with E-state index in [1.165, 1.54) is 12.1 Å². The van der Waals surface area contributed by atoms with Crippen LogP contribution in [0.5, 0.6) is 0 Å². The highest BCUT2D eigenvalue weighted by molar-refractivity contribution is 7.90. The number of aryl methyl sites for hydroxylation is 1. The number of carbonyl (C=O) groups excluding carboxylic acids is 2. The predicted octanol–water partition coefficient (Wildman–Crippen LogP) is 3.71. The summed E-state index contributed by atoms with van der Waals surface area (Å²) in [5.74, 6) is -2.38. The van der Waals surface area contributed by atoms with Crippen LogP contribution in [-0.2, 0) is 35.4 Å². The molecule has 0 bridgehead atoms. The molecule has 4 rings (SSSR count). The summed E-state index contributed by atoms with van der Waals surface area (Å²) in [6, 6.07) is 12.5. The van der Waals surface area contributed by atoms with Crippen LogP contribution in [0.2, 0.25) is 0 Å². The molecule has 0 aliphatic carbocycles. The second kappa shape index (κ2) is 12.7. The van der Waals surface area contributed by atoms with Gasteiger partial charge in [-0.1, -0.05) is 29.8 Å². The third kappa shape index (κ3) is 7.79. The lowest BCUT2D eigenvalue weighted by molar-refractivity contribution is -0.714. The number of piperidine rings is 1. The number of sulfonamides is 1. The summed E-state index contributed by atoms with van der Waals surface area (Å²) in [6.07, 6.45) is -4.04. The molecule has 2 aromatic carbocycles. The average Bonchev–Trinajstić information content (AvgIpc) is 3.42. The molecule has 0 spiro atoms. The first-order valence-electron chi connectivity index (χ1n) is 12.8. The summed E-state index contributed by atoms with van der Waals surface area (Å²) in [4.78, 5) is 27.9. The Morgan fingerprint density at radius 3 is 2.47 bits per heavy atom. The highest BCUT2D eigenvalue weighted by atomic mass is 32.2. The van der Waals surface area contributed by atoms with E-state index >= 15 is 0 Å². The Bertz CT molecular complexity index is 1610. The SMILES string of the molecule is CC(=O)OCO/N=[N+](\[O-])N1CCCC(C(=O)NS(=O)(=O)c2ccc(-n3nc(C(F)(F)F)cc3-c3ccc(C)cc3)cc2)C1. The van der Waals surface area contributed by atoms with Crippen LogP contribution in [0.25, 0.3) is 16.9 Å². The average molecular weight is 625 g/mol. The van der Waals surface area contributed by atoms with Crippen molar-refractivity contribution in [3.05, 3.63) is 71.1 Å². The molecule has 1 saturated heterocycles. The summed E-state index contributed by atoms with van der Waals surface area (Å²) in [6.45, 7) is 2.45. The summed E-state index contributed by atoms with van der Waals surface area (Å²) in [5.41, 5.74) is 0.575. The van der Waals surface area contributed by atoms with E-state index in [9.17, 15) is 36.4 Å². The van der Waals surface area contributed by atoms with Crippen molar-refractivity contribution in [2.75, 3.05) is 19.9 Å². The first kappa shape index (κ1) is 31.3. The van der Waals surface area contributed by atoms with Gasteiger partial charge in [-0.05, 0) is 50.1 Å². The minimum absolute atomic E-state index is 0.0838. The van der Waals surface area contributed by atoms with Crippen molar-refractivity contribution >= 4 is 21.9 Å². The lowest BCUT2D eigenvalue weighted by atomic mass is 9.99. The van der Waals surface area contributed by atoms with Gasteiger partial charge in [0.2, 0.25) is 11.2 Å². The van der Waals surface area contributed by atoms with Crippen LogP contribution in [0.4, 0.5) is 13.2 Å². The number of benzene rings is 2. The molecule has 1 unspecified atom stereocenters. The molecule has 1 N–H and O–H groups in total. The zero-order valence-corrected chi connectivity index (χ0v) is 23.8. The molecule has 3 aromatic rings. The maximum Gasteiger partial charge on any atom is 0.435 e. The van der Waals surface area contributed by atoms with Crippen molar-refractivity contribution in [3.8, 4) is 16.9 Å². The van der Waals surface area contributed by atoms with E-state index in [1.54, 1.807) is 24.3 Å². The van der Waals surface area contributed by atoms with Gasteiger partial charge in [-0.2, -0.15) is 18.3 Å². The van der Waals surface area contributed by atoms with Gasteiger partial charge in [0, 0.05) is 12.5 Å². The molecule has 1 aromatic heterocycles. The molecule has 1 amide bonds. The minimum atomic E-state index is -4.71. The number of amides is 1. The van der Waals surface area contributed by atoms with Crippen LogP contribution in [0.1, 0.15) is 31.0 Å². The predicted molar refractivity (Wildman–Crippen MR) is 142 cm³/mol. The highest BCUT2D eigenvalue weighted by Crippen LogP contribution is 2.33. The third-order valence-corrected chi connectivity index (χ3v) is 7.79. The van der Waals surface area contributed by atoms with Crippen molar-refractivity contribution < 1.29 is 45.7 Å². The Hall–Kier alpha value is -4.67. The van der Waals surface area contributed by atoms with Crippen LogP contribution in [0.3, 0.4) is 0 Å². The van der Waals surface area contributed by atoms with Crippen LogP contribution >= 0.6 is 0 Å². The van der Waals surface area contributed by atoms with Crippen LogP contribution in [0.15, 0.2) is 64.8 Å². The molecule has 43 heavy (non-hydrogen) atoms. The topological polar surface area (TPSA) is 158 Å². The van der Waals surface area contributed by atoms with Crippen molar-refractivity contribution in [1.29, 1.82) is 0 Å². The van der Waals surface area contributed by atoms with E-state index in [1.807, 2.05) is 11.6 Å². The second-order valence-electron chi connectivity index (χ2n) is 9.62. The molecule has 1 aliphatic rings. The van der Waals surface area contributed by atoms with E-state index < -0.39 is 46.5 Å². The molecule has 1 atom stereocenters. The van der Waals surface area contributed by atoms with E-state index in [-0.39, 0.29) is 34.3 Å². The normalized spacial score (nSPS) is 16.1. The summed E-state index contributed by atoms with van der Waals surface area (Å²) >= 11 is 0. The van der Waals surface area contributed by atoms with Gasteiger partial charge in [0.25, 0.3) is 16.8 Å². The number of rotatable bonds is 9. The van der Waals surface area contributed by atoms with Gasteiger partial charge in [-0.3, -0.25) is 9.59 Å². The van der Waals surface area contributed by atoms with Gasteiger partial charge in [0.1, 0.15) is 0 Å². The fourth-order valence-electron chi connectivity index (χ4n) is 4.25. The molecule has 0 saturated carbocycles. The first-order valence-corrected chi connectivity index (χ1v) is 14.3. The Labute approximate surface area is 244 Å². The quantitative estimate of drug-likeness (QED) is 0.0936. The Balaban J connectivity index is 1.48. The Kier molecular flexibility index (Phi) is 9.22. The fraction of sp³-hybridized carbons (Fsp3) is 0.346. The summed E-state index contributed by atoms with van der Waals surface area (Å²) in [5, 5.41) is 20.2. The monoisotopic (exact) mass is 624 g/mol. The number of esters is 1. The molecule has 0 radical (unpaired) electrons. The third-order valence-electron chi connectivity index (χ3n) is 6.43. The molecule has 2 heterocycles. The van der Waals surface area contributed by atoms with E-state index in [2.05, 4.69) is 20.0 Å². The standard InChI is InChI=1S/C26H27F3N6O7S/c1-17-5-7-19(8-6-17)23-14-24(26(27,28)29)30-34(23)21-9-11-22(12-10-21)43(39,40)31-25(37)20-4-3-13-33(15-20)35(38)32-42-16-41-18(2)36/h5-12,14,20H,3-4,13,15-16H2,1-2H3,(H,31,37)/b35-32-. The summed E-state index contributed by atoms with van der Waals surface area (Å²) < 4.78 is 73.9. The van der Waals surface area contributed by atoms with Gasteiger partial charge >= 0.3 is 12.1 Å². The van der Waals surface area contributed by atoms with E-state index in [4.69, 9.17) is 0 Å². The van der Waals surface area contributed by atoms with E-state index in [0.717, 1.165) is 40.4 Å². The number of nitrogens with zero attached hydrogens (tertiary/aromatic N) is 5. The lowest BCUT2D eigenvalue weighted by Gasteiger charge is -2.27. The zero-order valence-electron chi connectivity index (χ0n) is 22.9. The van der Waals surface area contributed by atoms with Crippen molar-refractivity contribution in [1.82, 2.24) is 19.5 Å². The van der Waals surface area contributed by atoms with Crippen molar-refractivity contribution in [2.45, 2.75) is 37.8 Å². The Morgan fingerprint density at radius 1 is 1.16 bits per heavy atom. The lowest BCUT2D eigenvalue weighted by Crippen LogP contribution is -2.46. The Morgan fingerprint density at radius 2 is 1.84 bits per heavy atom. The number of hydrogen-bond donors (Lipinski definition) is 1. The number of ether oxygens (including phenoxy) is 1. The molecule has 13 nitrogen and oxygen atoms in total. The molecule has 1 aliphatic heterocycles. The first-order chi connectivity index (χ1) is 20.2. The van der Waals surface area contributed by atoms with Crippen LogP contribution in [-0.4, -0.2) is 59.9 Å². The zero-order chi connectivity index (χ0) is 31.4. The fourth-order valence-corrected chi connectivity index (χ4v) is 5.29. The van der Waals surface area contributed by atoms with E-state index in [0.29, 0.717) is 18.4 Å². The smallest absolute Gasteiger partial charge is 0.435 e. The number of nitrogens with one attached hydrogen (secondary N) is 1. The molecule has 230 valence electrons. The van der Waals surface area contributed by atoms with Gasteiger partial charge in [-0.25, -0.2) is 17.8 Å².